The zero-order chi connectivity index (χ0) is 11.8. The Labute approximate surface area is 89.7 Å². The number of carbonyl (C=O) groups excluding carboxylic acids is 1. The number of hydrogen-bond donors (Lipinski definition) is 1. The summed E-state index contributed by atoms with van der Waals surface area (Å²) in [5.41, 5.74) is -0.801. The summed E-state index contributed by atoms with van der Waals surface area (Å²) >= 11 is 0. The summed E-state index contributed by atoms with van der Waals surface area (Å²) in [7, 11) is 0. The standard InChI is InChI=1S/C10H9F3N2O/c11-10(12,13)9-7(2-1-3-14-9)6-4-8(16)15-5-6/h1-3,6H,4-5H2,(H,15,16). The van der Waals surface area contributed by atoms with Gasteiger partial charge in [0.2, 0.25) is 5.91 Å². The van der Waals surface area contributed by atoms with Gasteiger partial charge in [0, 0.05) is 25.1 Å². The predicted molar refractivity (Wildman–Crippen MR) is 49.6 cm³/mol. The van der Waals surface area contributed by atoms with Crippen LogP contribution < -0.4 is 5.32 Å². The molecule has 1 aliphatic heterocycles. The van der Waals surface area contributed by atoms with Crippen molar-refractivity contribution in [3.8, 4) is 0 Å². The molecule has 1 unspecified atom stereocenters. The van der Waals surface area contributed by atoms with Crippen molar-refractivity contribution in [2.45, 2.75) is 18.5 Å². The molecule has 1 aliphatic rings. The number of pyridine rings is 1. The normalized spacial score (nSPS) is 20.9. The first-order valence-electron chi connectivity index (χ1n) is 4.77. The average Bonchev–Trinajstić information content (AvgIpc) is 2.64. The number of nitrogens with zero attached hydrogens (tertiary/aromatic N) is 1. The van der Waals surface area contributed by atoms with Gasteiger partial charge in [-0.2, -0.15) is 13.2 Å². The molecule has 86 valence electrons. The molecule has 1 fully saturated rings. The summed E-state index contributed by atoms with van der Waals surface area (Å²) < 4.78 is 37.9. The molecule has 1 aromatic rings. The van der Waals surface area contributed by atoms with Gasteiger partial charge in [0.05, 0.1) is 0 Å². The molecule has 2 heterocycles. The van der Waals surface area contributed by atoms with Crippen LogP contribution in [0.1, 0.15) is 23.6 Å². The highest BCUT2D eigenvalue weighted by atomic mass is 19.4. The van der Waals surface area contributed by atoms with Gasteiger partial charge < -0.3 is 5.32 Å². The van der Waals surface area contributed by atoms with Crippen molar-refractivity contribution in [1.29, 1.82) is 0 Å². The van der Waals surface area contributed by atoms with E-state index in [2.05, 4.69) is 10.3 Å². The van der Waals surface area contributed by atoms with Gasteiger partial charge in [0.25, 0.3) is 0 Å². The van der Waals surface area contributed by atoms with E-state index in [9.17, 15) is 18.0 Å². The molecule has 1 amide bonds. The quantitative estimate of drug-likeness (QED) is 0.797. The topological polar surface area (TPSA) is 42.0 Å². The Bertz CT molecular complexity index is 417. The van der Waals surface area contributed by atoms with Crippen molar-refractivity contribution in [3.05, 3.63) is 29.6 Å². The molecule has 3 nitrogen and oxygen atoms in total. The Morgan fingerprint density at radius 1 is 1.44 bits per heavy atom. The predicted octanol–water partition coefficient (Wildman–Crippen LogP) is 1.70. The minimum absolute atomic E-state index is 0.0911. The van der Waals surface area contributed by atoms with Crippen LogP contribution in [-0.4, -0.2) is 17.4 Å². The highest BCUT2D eigenvalue weighted by Crippen LogP contribution is 2.35. The Kier molecular flexibility index (Phi) is 2.57. The first kappa shape index (κ1) is 10.9. The summed E-state index contributed by atoms with van der Waals surface area (Å²) in [5.74, 6) is -0.653. The molecule has 1 N–H and O–H groups in total. The molecule has 0 aliphatic carbocycles. The van der Waals surface area contributed by atoms with Crippen molar-refractivity contribution >= 4 is 5.91 Å². The third-order valence-electron chi connectivity index (χ3n) is 2.52. The summed E-state index contributed by atoms with van der Waals surface area (Å²) in [6, 6.07) is 2.83. The van der Waals surface area contributed by atoms with Gasteiger partial charge in [-0.15, -0.1) is 0 Å². The number of halogens is 3. The van der Waals surface area contributed by atoms with E-state index in [1.54, 1.807) is 0 Å². The lowest BCUT2D eigenvalue weighted by molar-refractivity contribution is -0.142. The van der Waals surface area contributed by atoms with Gasteiger partial charge in [-0.1, -0.05) is 6.07 Å². The molecule has 0 radical (unpaired) electrons. The SMILES string of the molecule is O=C1CC(c2cccnc2C(F)(F)F)CN1. The van der Waals surface area contributed by atoms with E-state index in [0.717, 1.165) is 6.20 Å². The van der Waals surface area contributed by atoms with Crippen molar-refractivity contribution in [2.24, 2.45) is 0 Å². The van der Waals surface area contributed by atoms with Gasteiger partial charge in [0.15, 0.2) is 0 Å². The molecule has 2 rings (SSSR count). The van der Waals surface area contributed by atoms with E-state index < -0.39 is 17.8 Å². The highest BCUT2D eigenvalue weighted by Gasteiger charge is 2.38. The molecule has 6 heteroatoms. The largest absolute Gasteiger partial charge is 0.433 e. The van der Waals surface area contributed by atoms with Crippen LogP contribution in [0.5, 0.6) is 0 Å². The second-order valence-corrected chi connectivity index (χ2v) is 3.64. The van der Waals surface area contributed by atoms with Crippen LogP contribution >= 0.6 is 0 Å². The van der Waals surface area contributed by atoms with Crippen molar-refractivity contribution < 1.29 is 18.0 Å². The van der Waals surface area contributed by atoms with Crippen LogP contribution in [0.3, 0.4) is 0 Å². The molecule has 0 aromatic carbocycles. The highest BCUT2D eigenvalue weighted by molar-refractivity contribution is 5.79. The van der Waals surface area contributed by atoms with Crippen molar-refractivity contribution in [3.63, 3.8) is 0 Å². The first-order valence-corrected chi connectivity index (χ1v) is 4.77. The lowest BCUT2D eigenvalue weighted by atomic mass is 9.96. The Hall–Kier alpha value is -1.59. The van der Waals surface area contributed by atoms with E-state index in [1.807, 2.05) is 0 Å². The van der Waals surface area contributed by atoms with E-state index in [0.29, 0.717) is 0 Å². The van der Waals surface area contributed by atoms with Crippen molar-refractivity contribution in [2.75, 3.05) is 6.54 Å². The fourth-order valence-corrected chi connectivity index (χ4v) is 1.81. The van der Waals surface area contributed by atoms with Crippen LogP contribution in [0, 0.1) is 0 Å². The number of nitrogens with one attached hydrogen (secondary N) is 1. The fourth-order valence-electron chi connectivity index (χ4n) is 1.81. The van der Waals surface area contributed by atoms with Crippen LogP contribution in [0.25, 0.3) is 0 Å². The molecule has 0 spiro atoms. The third kappa shape index (κ3) is 2.00. The molecule has 1 atom stereocenters. The summed E-state index contributed by atoms with van der Waals surface area (Å²) in [4.78, 5) is 14.3. The number of carbonyl (C=O) groups is 1. The molecule has 16 heavy (non-hydrogen) atoms. The zero-order valence-electron chi connectivity index (χ0n) is 8.21. The van der Waals surface area contributed by atoms with Crippen molar-refractivity contribution in [1.82, 2.24) is 10.3 Å². The maximum atomic E-state index is 12.6. The number of amides is 1. The lowest BCUT2D eigenvalue weighted by Gasteiger charge is -2.14. The maximum absolute atomic E-state index is 12.6. The zero-order valence-corrected chi connectivity index (χ0v) is 8.21. The summed E-state index contributed by atoms with van der Waals surface area (Å²) in [5, 5.41) is 2.51. The minimum Gasteiger partial charge on any atom is -0.355 e. The number of hydrogen-bond acceptors (Lipinski definition) is 2. The van der Waals surface area contributed by atoms with Gasteiger partial charge in [-0.05, 0) is 11.6 Å². The number of rotatable bonds is 1. The van der Waals surface area contributed by atoms with Crippen LogP contribution in [0.15, 0.2) is 18.3 Å². The van der Waals surface area contributed by atoms with E-state index >= 15 is 0 Å². The van der Waals surface area contributed by atoms with Gasteiger partial charge >= 0.3 is 6.18 Å². The monoisotopic (exact) mass is 230 g/mol. The second-order valence-electron chi connectivity index (χ2n) is 3.64. The number of aromatic nitrogens is 1. The molecule has 0 bridgehead atoms. The molecule has 1 saturated heterocycles. The molecular formula is C10H9F3N2O. The van der Waals surface area contributed by atoms with Crippen LogP contribution in [0.2, 0.25) is 0 Å². The molecular weight excluding hydrogens is 221 g/mol. The summed E-state index contributed by atoms with van der Waals surface area (Å²) in [6.45, 7) is 0.244. The second kappa shape index (κ2) is 3.77. The summed E-state index contributed by atoms with van der Waals surface area (Å²) in [6.07, 6.45) is -3.27. The third-order valence-corrected chi connectivity index (χ3v) is 2.52. The number of alkyl halides is 3. The Morgan fingerprint density at radius 2 is 2.19 bits per heavy atom. The maximum Gasteiger partial charge on any atom is 0.433 e. The minimum atomic E-state index is -4.47. The average molecular weight is 230 g/mol. The van der Waals surface area contributed by atoms with E-state index in [1.165, 1.54) is 12.1 Å². The van der Waals surface area contributed by atoms with Gasteiger partial charge in [-0.25, -0.2) is 0 Å². The Balaban J connectivity index is 2.37. The van der Waals surface area contributed by atoms with E-state index in [4.69, 9.17) is 0 Å². The molecule has 1 aromatic heterocycles. The van der Waals surface area contributed by atoms with Crippen LogP contribution in [0.4, 0.5) is 13.2 Å². The van der Waals surface area contributed by atoms with Gasteiger partial charge in [0.1, 0.15) is 5.69 Å². The fraction of sp³-hybridized carbons (Fsp3) is 0.400. The van der Waals surface area contributed by atoms with Crippen LogP contribution in [-0.2, 0) is 11.0 Å². The first-order chi connectivity index (χ1) is 7.48. The smallest absolute Gasteiger partial charge is 0.355 e. The van der Waals surface area contributed by atoms with E-state index in [-0.39, 0.29) is 24.4 Å². The Morgan fingerprint density at radius 3 is 2.75 bits per heavy atom. The molecule has 0 saturated carbocycles. The lowest BCUT2D eigenvalue weighted by Crippen LogP contribution is -2.16. The van der Waals surface area contributed by atoms with Gasteiger partial charge in [-0.3, -0.25) is 9.78 Å².